The smallest absolute Gasteiger partial charge is 0.147 e. The molecule has 0 unspecified atom stereocenters. The van der Waals surface area contributed by atoms with E-state index in [2.05, 4.69) is 27.0 Å². The lowest BCUT2D eigenvalue weighted by Crippen LogP contribution is -2.00. The molecular weight excluding hydrogens is 292 g/mol. The normalized spacial score (nSPS) is 9.83. The minimum Gasteiger partial charge on any atom is -0.488 e. The second-order valence-electron chi connectivity index (χ2n) is 3.82. The fourth-order valence-electron chi connectivity index (χ4n) is 1.54. The molecule has 0 N–H and O–H groups in total. The molecule has 2 rings (SSSR count). The maximum absolute atomic E-state index is 8.94. The highest BCUT2D eigenvalue weighted by Gasteiger charge is 2.05. The van der Waals surface area contributed by atoms with Gasteiger partial charge in [-0.1, -0.05) is 28.1 Å². The number of rotatable bonds is 3. The molecule has 0 spiro atoms. The van der Waals surface area contributed by atoms with E-state index in [9.17, 15) is 0 Å². The number of ether oxygens (including phenoxy) is 1. The Morgan fingerprint density at radius 2 is 2.22 bits per heavy atom. The molecule has 0 bridgehead atoms. The molecule has 0 fully saturated rings. The van der Waals surface area contributed by atoms with E-state index < -0.39 is 0 Å². The highest BCUT2D eigenvalue weighted by atomic mass is 79.9. The van der Waals surface area contributed by atoms with Gasteiger partial charge in [0.1, 0.15) is 24.1 Å². The Kier molecular flexibility index (Phi) is 3.96. The molecule has 1 aromatic heterocycles. The predicted octanol–water partition coefficient (Wildman–Crippen LogP) is 3.60. The summed E-state index contributed by atoms with van der Waals surface area (Å²) < 4.78 is 6.69. The van der Waals surface area contributed by atoms with Crippen LogP contribution in [0.2, 0.25) is 0 Å². The lowest BCUT2D eigenvalue weighted by molar-refractivity contribution is 0.303. The first-order valence-electron chi connectivity index (χ1n) is 5.43. The largest absolute Gasteiger partial charge is 0.488 e. The third kappa shape index (κ3) is 2.88. The summed E-state index contributed by atoms with van der Waals surface area (Å²) in [6.07, 6.45) is 1.60. The predicted molar refractivity (Wildman–Crippen MR) is 72.2 cm³/mol. The van der Waals surface area contributed by atoms with E-state index in [-0.39, 0.29) is 0 Å². The van der Waals surface area contributed by atoms with E-state index in [0.29, 0.717) is 12.3 Å². The average molecular weight is 303 g/mol. The quantitative estimate of drug-likeness (QED) is 0.870. The number of hydrogen-bond acceptors (Lipinski definition) is 3. The van der Waals surface area contributed by atoms with Crippen molar-refractivity contribution in [2.45, 2.75) is 13.5 Å². The van der Waals surface area contributed by atoms with Crippen LogP contribution in [-0.2, 0) is 6.61 Å². The van der Waals surface area contributed by atoms with E-state index in [1.807, 2.05) is 31.2 Å². The van der Waals surface area contributed by atoms with Crippen molar-refractivity contribution in [3.8, 4) is 11.8 Å². The lowest BCUT2D eigenvalue weighted by Gasteiger charge is -2.10. The van der Waals surface area contributed by atoms with E-state index in [4.69, 9.17) is 10.00 Å². The zero-order valence-electron chi connectivity index (χ0n) is 9.85. The van der Waals surface area contributed by atoms with E-state index in [1.54, 1.807) is 12.3 Å². The van der Waals surface area contributed by atoms with Crippen molar-refractivity contribution >= 4 is 15.9 Å². The minimum atomic E-state index is 0.341. The van der Waals surface area contributed by atoms with Crippen molar-refractivity contribution in [2.75, 3.05) is 0 Å². The minimum absolute atomic E-state index is 0.341. The molecule has 90 valence electrons. The fraction of sp³-hybridized carbons (Fsp3) is 0.143. The molecule has 4 heteroatoms. The van der Waals surface area contributed by atoms with Crippen LogP contribution in [0, 0.1) is 18.3 Å². The summed E-state index contributed by atoms with van der Waals surface area (Å²) in [5, 5.41) is 8.94. The van der Waals surface area contributed by atoms with Gasteiger partial charge in [0.15, 0.2) is 0 Å². The Bertz CT molecular complexity index is 605. The Morgan fingerprint density at radius 3 is 3.00 bits per heavy atom. The van der Waals surface area contributed by atoms with E-state index >= 15 is 0 Å². The molecule has 18 heavy (non-hydrogen) atoms. The molecule has 0 aliphatic heterocycles. The zero-order valence-corrected chi connectivity index (χ0v) is 11.4. The van der Waals surface area contributed by atoms with Crippen LogP contribution >= 0.6 is 15.9 Å². The van der Waals surface area contributed by atoms with E-state index in [0.717, 1.165) is 21.3 Å². The first kappa shape index (κ1) is 12.6. The zero-order chi connectivity index (χ0) is 13.0. The molecule has 3 nitrogen and oxygen atoms in total. The Balaban J connectivity index is 2.17. The number of aromatic nitrogens is 1. The number of aryl methyl sites for hydroxylation is 1. The SMILES string of the molecule is Cc1ccc(Br)cc1OCc1cccnc1C#N. The number of nitrogens with zero attached hydrogens (tertiary/aromatic N) is 2. The van der Waals surface area contributed by atoms with Gasteiger partial charge in [0.05, 0.1) is 0 Å². The summed E-state index contributed by atoms with van der Waals surface area (Å²) in [7, 11) is 0. The molecule has 0 saturated heterocycles. The summed E-state index contributed by atoms with van der Waals surface area (Å²) in [5.41, 5.74) is 2.25. The first-order chi connectivity index (χ1) is 8.70. The molecule has 1 heterocycles. The summed E-state index contributed by atoms with van der Waals surface area (Å²) >= 11 is 3.41. The van der Waals surface area contributed by atoms with Crippen molar-refractivity contribution in [2.24, 2.45) is 0 Å². The monoisotopic (exact) mass is 302 g/mol. The van der Waals surface area contributed by atoms with Crippen molar-refractivity contribution in [3.63, 3.8) is 0 Å². The molecule has 2 aromatic rings. The van der Waals surface area contributed by atoms with Gasteiger partial charge in [0.2, 0.25) is 0 Å². The van der Waals surface area contributed by atoms with Crippen molar-refractivity contribution < 1.29 is 4.74 Å². The van der Waals surface area contributed by atoms with Gasteiger partial charge in [-0.3, -0.25) is 0 Å². The third-order valence-electron chi connectivity index (χ3n) is 2.53. The van der Waals surface area contributed by atoms with Crippen LogP contribution in [0.5, 0.6) is 5.75 Å². The second kappa shape index (κ2) is 5.65. The fourth-order valence-corrected chi connectivity index (χ4v) is 1.88. The molecule has 0 radical (unpaired) electrons. The van der Waals surface area contributed by atoms with Crippen LogP contribution < -0.4 is 4.74 Å². The summed E-state index contributed by atoms with van der Waals surface area (Å²) in [4.78, 5) is 4.00. The van der Waals surface area contributed by atoms with Crippen LogP contribution in [0.3, 0.4) is 0 Å². The van der Waals surface area contributed by atoms with Gasteiger partial charge < -0.3 is 4.74 Å². The average Bonchev–Trinajstić information content (AvgIpc) is 2.40. The summed E-state index contributed by atoms with van der Waals surface area (Å²) in [6.45, 7) is 2.32. The van der Waals surface area contributed by atoms with Crippen LogP contribution in [0.1, 0.15) is 16.8 Å². The van der Waals surface area contributed by atoms with E-state index in [1.165, 1.54) is 0 Å². The number of halogens is 1. The molecule has 0 amide bonds. The summed E-state index contributed by atoms with van der Waals surface area (Å²) in [5.74, 6) is 0.803. The summed E-state index contributed by atoms with van der Waals surface area (Å²) in [6, 6.07) is 11.6. The van der Waals surface area contributed by atoms with Crippen LogP contribution in [0.15, 0.2) is 41.0 Å². The molecule has 0 saturated carbocycles. The molecule has 0 atom stereocenters. The first-order valence-corrected chi connectivity index (χ1v) is 6.23. The molecule has 0 aliphatic rings. The van der Waals surface area contributed by atoms with Crippen molar-refractivity contribution in [1.82, 2.24) is 4.98 Å². The van der Waals surface area contributed by atoms with Crippen molar-refractivity contribution in [3.05, 3.63) is 57.8 Å². The number of nitriles is 1. The number of hydrogen-bond donors (Lipinski definition) is 0. The van der Waals surface area contributed by atoms with Gasteiger partial charge in [-0.05, 0) is 30.7 Å². The molecule has 0 aliphatic carbocycles. The highest BCUT2D eigenvalue weighted by Crippen LogP contribution is 2.24. The Hall–Kier alpha value is -1.86. The van der Waals surface area contributed by atoms with Gasteiger partial charge in [-0.15, -0.1) is 0 Å². The Morgan fingerprint density at radius 1 is 1.39 bits per heavy atom. The molecule has 1 aromatic carbocycles. The highest BCUT2D eigenvalue weighted by molar-refractivity contribution is 9.10. The topological polar surface area (TPSA) is 45.9 Å². The number of benzene rings is 1. The second-order valence-corrected chi connectivity index (χ2v) is 4.74. The van der Waals surface area contributed by atoms with Gasteiger partial charge in [0, 0.05) is 16.2 Å². The Labute approximate surface area is 114 Å². The maximum atomic E-state index is 8.94. The van der Waals surface area contributed by atoms with Gasteiger partial charge in [0.25, 0.3) is 0 Å². The third-order valence-corrected chi connectivity index (χ3v) is 3.02. The van der Waals surface area contributed by atoms with Gasteiger partial charge in [-0.25, -0.2) is 4.98 Å². The maximum Gasteiger partial charge on any atom is 0.147 e. The van der Waals surface area contributed by atoms with Gasteiger partial charge in [-0.2, -0.15) is 5.26 Å². The van der Waals surface area contributed by atoms with Crippen LogP contribution in [-0.4, -0.2) is 4.98 Å². The molecular formula is C14H11BrN2O. The van der Waals surface area contributed by atoms with Crippen molar-refractivity contribution in [1.29, 1.82) is 5.26 Å². The lowest BCUT2D eigenvalue weighted by atomic mass is 10.2. The number of pyridine rings is 1. The van der Waals surface area contributed by atoms with Crippen LogP contribution in [0.25, 0.3) is 0 Å². The standard InChI is InChI=1S/C14H11BrN2O/c1-10-4-5-12(15)7-14(10)18-9-11-3-2-6-17-13(11)8-16/h2-7H,9H2,1H3. The van der Waals surface area contributed by atoms with Crippen LogP contribution in [0.4, 0.5) is 0 Å². The van der Waals surface area contributed by atoms with Gasteiger partial charge >= 0.3 is 0 Å².